The van der Waals surface area contributed by atoms with E-state index in [-0.39, 0.29) is 21.8 Å². The number of anilines is 3. The van der Waals surface area contributed by atoms with E-state index < -0.39 is 42.5 Å². The van der Waals surface area contributed by atoms with Crippen LogP contribution >= 0.6 is 0 Å². The second kappa shape index (κ2) is 11.1. The van der Waals surface area contributed by atoms with Crippen molar-refractivity contribution in [1.82, 2.24) is 0 Å². The normalized spacial score (nSPS) is 11.5. The minimum Gasteiger partial charge on any atom is -0.497 e. The monoisotopic (exact) mass is 573 g/mol. The Kier molecular flexibility index (Phi) is 7.83. The molecule has 9 nitrogen and oxygen atoms in total. The van der Waals surface area contributed by atoms with Crippen molar-refractivity contribution in [2.45, 2.75) is 9.79 Å². The van der Waals surface area contributed by atoms with Crippen molar-refractivity contribution < 1.29 is 35.1 Å². The molecule has 0 spiro atoms. The number of carbonyl (C=O) groups excluding carboxylic acids is 1. The summed E-state index contributed by atoms with van der Waals surface area (Å²) in [5.41, 5.74) is 0.182. The highest BCUT2D eigenvalue weighted by Gasteiger charge is 2.21. The summed E-state index contributed by atoms with van der Waals surface area (Å²) in [5, 5.41) is 2.54. The average Bonchev–Trinajstić information content (AvgIpc) is 2.90. The van der Waals surface area contributed by atoms with E-state index in [0.717, 1.165) is 6.07 Å². The van der Waals surface area contributed by atoms with Crippen molar-refractivity contribution >= 4 is 43.0 Å². The Balaban J connectivity index is 1.54. The lowest BCUT2D eigenvalue weighted by Gasteiger charge is -2.14. The molecule has 4 rings (SSSR count). The second-order valence-corrected chi connectivity index (χ2v) is 11.4. The minimum atomic E-state index is -4.37. The summed E-state index contributed by atoms with van der Waals surface area (Å²) >= 11 is 0. The van der Waals surface area contributed by atoms with E-state index in [1.165, 1.54) is 67.8 Å². The van der Waals surface area contributed by atoms with E-state index in [2.05, 4.69) is 14.8 Å². The first-order valence-corrected chi connectivity index (χ1v) is 14.1. The third-order valence-corrected chi connectivity index (χ3v) is 8.10. The quantitative estimate of drug-likeness (QED) is 0.263. The van der Waals surface area contributed by atoms with Crippen molar-refractivity contribution in [2.24, 2.45) is 0 Å². The number of amides is 1. The van der Waals surface area contributed by atoms with E-state index in [4.69, 9.17) is 4.74 Å². The molecule has 13 heteroatoms. The van der Waals surface area contributed by atoms with Crippen LogP contribution in [-0.2, 0) is 20.0 Å². The van der Waals surface area contributed by atoms with Crippen molar-refractivity contribution in [3.8, 4) is 5.75 Å². The van der Waals surface area contributed by atoms with Crippen LogP contribution in [0.3, 0.4) is 0 Å². The highest BCUT2D eigenvalue weighted by atomic mass is 32.2. The zero-order valence-corrected chi connectivity index (χ0v) is 21.8. The summed E-state index contributed by atoms with van der Waals surface area (Å²) in [6, 6.07) is 19.4. The van der Waals surface area contributed by atoms with Crippen LogP contribution in [0.5, 0.6) is 5.75 Å². The Morgan fingerprint density at radius 3 is 2.05 bits per heavy atom. The molecule has 4 aromatic rings. The highest BCUT2D eigenvalue weighted by Crippen LogP contribution is 2.24. The van der Waals surface area contributed by atoms with Crippen molar-refractivity contribution in [1.29, 1.82) is 0 Å². The van der Waals surface area contributed by atoms with Crippen LogP contribution in [0.15, 0.2) is 101 Å². The van der Waals surface area contributed by atoms with Gasteiger partial charge in [-0.05, 0) is 72.8 Å². The number of halogens is 2. The lowest BCUT2D eigenvalue weighted by Crippen LogP contribution is -2.19. The number of nitrogens with one attached hydrogen (secondary N) is 3. The fourth-order valence-corrected chi connectivity index (χ4v) is 5.63. The first kappa shape index (κ1) is 27.5. The maximum atomic E-state index is 13.6. The lowest BCUT2D eigenvalue weighted by atomic mass is 10.1. The van der Waals surface area contributed by atoms with Gasteiger partial charge >= 0.3 is 0 Å². The number of ether oxygens (including phenoxy) is 1. The van der Waals surface area contributed by atoms with Gasteiger partial charge in [0, 0.05) is 11.4 Å². The Bertz CT molecular complexity index is 1750. The van der Waals surface area contributed by atoms with Gasteiger partial charge in [-0.15, -0.1) is 0 Å². The number of hydrogen-bond donors (Lipinski definition) is 3. The summed E-state index contributed by atoms with van der Waals surface area (Å²) in [7, 11) is -6.91. The van der Waals surface area contributed by atoms with Gasteiger partial charge < -0.3 is 10.1 Å². The molecule has 0 bridgehead atoms. The zero-order valence-electron chi connectivity index (χ0n) is 20.2. The Morgan fingerprint density at radius 1 is 0.692 bits per heavy atom. The minimum absolute atomic E-state index is 0.103. The van der Waals surface area contributed by atoms with Gasteiger partial charge in [0.2, 0.25) is 0 Å². The van der Waals surface area contributed by atoms with Crippen LogP contribution in [0.1, 0.15) is 10.4 Å². The summed E-state index contributed by atoms with van der Waals surface area (Å²) in [6.07, 6.45) is 0. The molecule has 0 aliphatic rings. The zero-order chi connectivity index (χ0) is 28.2. The molecule has 4 aromatic carbocycles. The molecule has 0 heterocycles. The number of hydrogen-bond acceptors (Lipinski definition) is 6. The molecule has 0 aliphatic carbocycles. The number of benzene rings is 4. The highest BCUT2D eigenvalue weighted by molar-refractivity contribution is 7.93. The van der Waals surface area contributed by atoms with Gasteiger partial charge in [-0.3, -0.25) is 14.2 Å². The van der Waals surface area contributed by atoms with Gasteiger partial charge in [-0.25, -0.2) is 25.6 Å². The topological polar surface area (TPSA) is 131 Å². The number of methoxy groups -OCH3 is 1. The van der Waals surface area contributed by atoms with Gasteiger partial charge in [0.1, 0.15) is 5.75 Å². The number of sulfonamides is 2. The molecule has 0 fully saturated rings. The van der Waals surface area contributed by atoms with Gasteiger partial charge in [0.05, 0.1) is 28.2 Å². The summed E-state index contributed by atoms with van der Waals surface area (Å²) in [4.78, 5) is 12.4. The van der Waals surface area contributed by atoms with Crippen LogP contribution in [0.2, 0.25) is 0 Å². The third-order valence-electron chi connectivity index (χ3n) is 5.36. The average molecular weight is 574 g/mol. The smallest absolute Gasteiger partial charge is 0.262 e. The van der Waals surface area contributed by atoms with Gasteiger partial charge in [-0.1, -0.05) is 18.2 Å². The summed E-state index contributed by atoms with van der Waals surface area (Å²) in [6.45, 7) is 0. The van der Waals surface area contributed by atoms with Gasteiger partial charge in [-0.2, -0.15) is 0 Å². The van der Waals surface area contributed by atoms with E-state index in [1.54, 1.807) is 12.1 Å². The van der Waals surface area contributed by atoms with E-state index in [9.17, 15) is 30.4 Å². The van der Waals surface area contributed by atoms with Crippen LogP contribution in [0, 0.1) is 11.6 Å². The molecular formula is C26H21F2N3O6S2. The molecule has 202 valence electrons. The SMILES string of the molecule is COc1ccc(NS(=O)(=O)c2cccc(NC(=O)c3ccccc3NS(=O)(=O)c3ccc(F)c(F)c3)c2)cc1. The molecule has 1 amide bonds. The molecule has 3 N–H and O–H groups in total. The van der Waals surface area contributed by atoms with Crippen LogP contribution < -0.4 is 19.5 Å². The largest absolute Gasteiger partial charge is 0.497 e. The lowest BCUT2D eigenvalue weighted by molar-refractivity contribution is 0.102. The summed E-state index contributed by atoms with van der Waals surface area (Å²) in [5.74, 6) is -2.76. The maximum Gasteiger partial charge on any atom is 0.262 e. The molecule has 0 unspecified atom stereocenters. The predicted octanol–water partition coefficient (Wildman–Crippen LogP) is 4.83. The molecule has 0 atom stereocenters. The molecule has 0 aromatic heterocycles. The molecule has 0 radical (unpaired) electrons. The second-order valence-electron chi connectivity index (χ2n) is 8.04. The standard InChI is InChI=1S/C26H21F2N3O6S2/c1-37-19-11-9-17(10-12-19)30-38(33,34)20-6-4-5-18(15-20)29-26(32)22-7-2-3-8-25(22)31-39(35,36)21-13-14-23(27)24(28)16-21/h2-16,30-31H,1H3,(H,29,32). The Labute approximate surface area is 223 Å². The van der Waals surface area contributed by atoms with Crippen LogP contribution in [-0.4, -0.2) is 29.9 Å². The molecule has 0 saturated heterocycles. The maximum absolute atomic E-state index is 13.6. The number of rotatable bonds is 9. The van der Waals surface area contributed by atoms with Crippen LogP contribution in [0.4, 0.5) is 25.8 Å². The predicted molar refractivity (Wildman–Crippen MR) is 142 cm³/mol. The molecular weight excluding hydrogens is 552 g/mol. The molecule has 39 heavy (non-hydrogen) atoms. The molecule has 0 aliphatic heterocycles. The van der Waals surface area contributed by atoms with E-state index >= 15 is 0 Å². The van der Waals surface area contributed by atoms with Crippen molar-refractivity contribution in [2.75, 3.05) is 21.9 Å². The van der Waals surface area contributed by atoms with E-state index in [1.807, 2.05) is 0 Å². The first-order chi connectivity index (χ1) is 18.5. The van der Waals surface area contributed by atoms with Crippen molar-refractivity contribution in [3.63, 3.8) is 0 Å². The third kappa shape index (κ3) is 6.51. The number of para-hydroxylation sites is 1. The summed E-state index contributed by atoms with van der Waals surface area (Å²) < 4.78 is 87.7. The van der Waals surface area contributed by atoms with Crippen molar-refractivity contribution in [3.05, 3.63) is 108 Å². The fraction of sp³-hybridized carbons (Fsp3) is 0.0385. The Hall–Kier alpha value is -4.49. The molecule has 0 saturated carbocycles. The van der Waals surface area contributed by atoms with Crippen LogP contribution in [0.25, 0.3) is 0 Å². The number of carbonyl (C=O) groups is 1. The Morgan fingerprint density at radius 2 is 1.36 bits per heavy atom. The van der Waals surface area contributed by atoms with Gasteiger partial charge in [0.15, 0.2) is 11.6 Å². The van der Waals surface area contributed by atoms with Gasteiger partial charge in [0.25, 0.3) is 26.0 Å². The van der Waals surface area contributed by atoms with E-state index in [0.29, 0.717) is 23.6 Å². The first-order valence-electron chi connectivity index (χ1n) is 11.1. The fourth-order valence-electron chi connectivity index (χ4n) is 3.43.